The molecule has 71 heavy (non-hydrogen) atoms. The summed E-state index contributed by atoms with van der Waals surface area (Å²) in [6.07, 6.45) is 8.42. The van der Waals surface area contributed by atoms with E-state index >= 15 is 0 Å². The van der Waals surface area contributed by atoms with Gasteiger partial charge in [0.2, 0.25) is 28.0 Å². The molecule has 418 valence electrons. The smallest absolute Gasteiger partial charge is 0.308 e. The molecular formula is C43H87FN10O11S6. The second kappa shape index (κ2) is 56.1. The number of carbonyl (C=O) groups excluding carboxylic acids is 7. The lowest BCUT2D eigenvalue weighted by Crippen LogP contribution is -2.42. The lowest BCUT2D eigenvalue weighted by atomic mass is 10.1. The van der Waals surface area contributed by atoms with Gasteiger partial charge in [0.05, 0.1) is 27.8 Å². The van der Waals surface area contributed by atoms with Crippen LogP contribution in [0.4, 0.5) is 4.39 Å². The number of thioether (sulfide) groups is 2. The van der Waals surface area contributed by atoms with Crippen molar-refractivity contribution in [2.24, 2.45) is 16.0 Å². The largest absolute Gasteiger partial charge is 0.481 e. The third kappa shape index (κ3) is 64.8. The number of alkyl halides is 1. The molecule has 0 aliphatic heterocycles. The van der Waals surface area contributed by atoms with Crippen molar-refractivity contribution in [1.29, 1.82) is 0 Å². The SMILES string of the molecule is CC(C)(C)OC(=O)CC(NC(=O)CCCCN=[N+]=[N-])C(=O)SCCC(=O)O.CCCCCN.CCCCCNC(=O)CCSC(=O)C(CC(=O)OC(C)(C)C)NC(=O)CCCCN=[N+]=[N-].S.S.S.S.[2H]CF. The highest BCUT2D eigenvalue weighted by Gasteiger charge is 2.29. The summed E-state index contributed by atoms with van der Waals surface area (Å²) in [5, 5.41) is 22.4. The molecule has 0 saturated heterocycles. The number of carboxylic acid groups (broad SMARTS) is 1. The van der Waals surface area contributed by atoms with Gasteiger partial charge in [-0.1, -0.05) is 73.3 Å². The molecule has 2 unspecified atom stereocenters. The molecule has 0 rings (SSSR count). The second-order valence-corrected chi connectivity index (χ2v) is 18.6. The van der Waals surface area contributed by atoms with E-state index in [4.69, 9.17) is 32.7 Å². The van der Waals surface area contributed by atoms with E-state index in [1.54, 1.807) is 41.5 Å². The Morgan fingerprint density at radius 2 is 1.03 bits per heavy atom. The van der Waals surface area contributed by atoms with Gasteiger partial charge in [-0.05, 0) is 97.7 Å². The zero-order chi connectivity index (χ0) is 52.8. The van der Waals surface area contributed by atoms with Gasteiger partial charge in [0.25, 0.3) is 0 Å². The van der Waals surface area contributed by atoms with Crippen LogP contribution in [-0.2, 0) is 47.8 Å². The van der Waals surface area contributed by atoms with E-state index in [0.717, 1.165) is 49.3 Å². The summed E-state index contributed by atoms with van der Waals surface area (Å²) in [5.74, 6) is -2.89. The van der Waals surface area contributed by atoms with Crippen LogP contribution < -0.4 is 21.7 Å². The molecule has 6 N–H and O–H groups in total. The fraction of sp³-hybridized carbons (Fsp3) is 0.814. The molecule has 0 heterocycles. The summed E-state index contributed by atoms with van der Waals surface area (Å²) < 4.78 is 25.9. The molecule has 0 aliphatic carbocycles. The molecule has 0 saturated carbocycles. The van der Waals surface area contributed by atoms with Crippen molar-refractivity contribution in [2.45, 2.75) is 181 Å². The van der Waals surface area contributed by atoms with Gasteiger partial charge in [0.15, 0.2) is 0 Å². The van der Waals surface area contributed by atoms with Gasteiger partial charge in [0.1, 0.15) is 23.3 Å². The first-order chi connectivity index (χ1) is 32.0. The van der Waals surface area contributed by atoms with Crippen molar-refractivity contribution in [3.8, 4) is 0 Å². The number of nitrogens with zero attached hydrogens (tertiary/aromatic N) is 6. The Labute approximate surface area is 458 Å². The number of amides is 3. The van der Waals surface area contributed by atoms with Crippen molar-refractivity contribution in [3.63, 3.8) is 0 Å². The first kappa shape index (κ1) is 81.8. The Morgan fingerprint density at radius 3 is 1.35 bits per heavy atom. The van der Waals surface area contributed by atoms with Crippen molar-refractivity contribution >= 4 is 123 Å². The normalized spacial score (nSPS) is 10.8. The fourth-order valence-electron chi connectivity index (χ4n) is 4.81. The van der Waals surface area contributed by atoms with Gasteiger partial charge in [0, 0.05) is 60.2 Å². The Balaban J connectivity index is -0.000000155. The predicted octanol–water partition coefficient (Wildman–Crippen LogP) is 8.23. The average Bonchev–Trinajstić information content (AvgIpc) is 3.23. The van der Waals surface area contributed by atoms with Crippen molar-refractivity contribution in [3.05, 3.63) is 20.9 Å². The highest BCUT2D eigenvalue weighted by Crippen LogP contribution is 2.16. The number of carbonyl (C=O) groups is 8. The van der Waals surface area contributed by atoms with Gasteiger partial charge in [-0.2, -0.15) is 54.0 Å². The molecule has 21 nitrogen and oxygen atoms in total. The van der Waals surface area contributed by atoms with Crippen LogP contribution in [-0.4, -0.2) is 119 Å². The minimum absolute atomic E-state index is 0. The number of hydrogen-bond donors (Lipinski definition) is 5. The number of azide groups is 2. The third-order valence-corrected chi connectivity index (χ3v) is 9.77. The molecule has 0 aromatic carbocycles. The number of rotatable bonds is 31. The van der Waals surface area contributed by atoms with Gasteiger partial charge < -0.3 is 36.3 Å². The van der Waals surface area contributed by atoms with E-state index in [2.05, 4.69) is 49.8 Å². The summed E-state index contributed by atoms with van der Waals surface area (Å²) in [5.41, 5.74) is 20.2. The highest BCUT2D eigenvalue weighted by molar-refractivity contribution is 8.14. The number of unbranched alkanes of at least 4 members (excludes halogenated alkanes) is 6. The van der Waals surface area contributed by atoms with Crippen LogP contribution >= 0.6 is 77.5 Å². The quantitative estimate of drug-likeness (QED) is 0.0144. The Bertz CT molecular complexity index is 1570. The van der Waals surface area contributed by atoms with Crippen molar-refractivity contribution in [2.75, 3.05) is 44.8 Å². The van der Waals surface area contributed by atoms with Crippen LogP contribution in [0.1, 0.15) is 159 Å². The molecule has 2 atom stereocenters. The topological polar surface area (TPSA) is 335 Å². The third-order valence-electron chi connectivity index (χ3n) is 7.82. The molecule has 3 amide bonds. The lowest BCUT2D eigenvalue weighted by Gasteiger charge is -2.22. The number of nitrogens with one attached hydrogen (secondary N) is 3. The summed E-state index contributed by atoms with van der Waals surface area (Å²) in [6.45, 7) is 16.5. The predicted molar refractivity (Wildman–Crippen MR) is 302 cm³/mol. The Kier molecular flexibility index (Phi) is 64.6. The van der Waals surface area contributed by atoms with E-state index in [0.29, 0.717) is 38.8 Å². The molecule has 0 bridgehead atoms. The first-order valence-electron chi connectivity index (χ1n) is 23.1. The molecule has 0 aromatic rings. The van der Waals surface area contributed by atoms with Gasteiger partial charge in [-0.3, -0.25) is 42.7 Å². The van der Waals surface area contributed by atoms with Crippen molar-refractivity contribution < 1.29 is 58.7 Å². The standard InChI is InChI=1S/C21H37N5O5S.C16H26N4O6S.C5H13N.CH3F.4H2S/c1-5-6-8-12-23-17(27)11-14-32-20(30)16(15-19(29)31-21(2,3)4)25-18(28)10-7-9-13-24-26-22;1-16(2,3)26-14(24)10-11(15(25)27-9-7-13(22)23)19-12(21)6-4-5-8-18-20-17;1-2-3-4-5-6;1-2;;;;/h16H,5-15H2,1-4H3,(H,23,27)(H,25,28);11H,4-10H2,1-3H3,(H,19,21)(H,22,23);2-6H2,1H3;1H3;4*1H2/i;;;1D;;;;. The van der Waals surface area contributed by atoms with Crippen LogP contribution in [0, 0.1) is 0 Å². The minimum Gasteiger partial charge on any atom is -0.481 e. The maximum atomic E-state index is 12.6. The van der Waals surface area contributed by atoms with E-state index in [-0.39, 0.29) is 122 Å². The molecule has 28 heteroatoms. The maximum Gasteiger partial charge on any atom is 0.308 e. The van der Waals surface area contributed by atoms with Crippen LogP contribution in [0.15, 0.2) is 10.2 Å². The summed E-state index contributed by atoms with van der Waals surface area (Å²) in [7, 11) is -1.00. The van der Waals surface area contributed by atoms with Crippen LogP contribution in [0.5, 0.6) is 0 Å². The maximum absolute atomic E-state index is 12.6. The van der Waals surface area contributed by atoms with Crippen LogP contribution in [0.2, 0.25) is 0 Å². The highest BCUT2D eigenvalue weighted by atomic mass is 32.2. The van der Waals surface area contributed by atoms with E-state index in [1.807, 2.05) is 0 Å². The number of aliphatic carboxylic acids is 1. The summed E-state index contributed by atoms with van der Waals surface area (Å²) in [6, 6.07) is -2.13. The Hall–Kier alpha value is -3.23. The zero-order valence-corrected chi connectivity index (χ0v) is 48.5. The van der Waals surface area contributed by atoms with Crippen molar-refractivity contribution in [1.82, 2.24) is 16.0 Å². The number of hydrogen-bond acceptors (Lipinski definition) is 15. The van der Waals surface area contributed by atoms with E-state index < -0.39 is 64.5 Å². The Morgan fingerprint density at radius 1 is 0.648 bits per heavy atom. The second-order valence-electron chi connectivity index (χ2n) is 16.4. The fourth-order valence-corrected chi connectivity index (χ4v) is 6.47. The minimum atomic E-state index is -1.09. The average molecular weight is 1130 g/mol. The van der Waals surface area contributed by atoms with Crippen LogP contribution in [0.25, 0.3) is 20.9 Å². The van der Waals surface area contributed by atoms with E-state index in [9.17, 15) is 42.7 Å². The monoisotopic (exact) mass is 1130 g/mol. The van der Waals surface area contributed by atoms with Crippen LogP contribution in [0.3, 0.4) is 0 Å². The summed E-state index contributed by atoms with van der Waals surface area (Å²) in [4.78, 5) is 101. The lowest BCUT2D eigenvalue weighted by molar-refractivity contribution is -0.157. The molecular weight excluding hydrogens is 1040 g/mol. The molecule has 0 spiro atoms. The molecule has 0 aliphatic rings. The number of carboxylic acids is 1. The van der Waals surface area contributed by atoms with Gasteiger partial charge in [-0.15, -0.1) is 0 Å². The number of halogens is 1. The molecule has 0 radical (unpaired) electrons. The van der Waals surface area contributed by atoms with Gasteiger partial charge >= 0.3 is 17.9 Å². The summed E-state index contributed by atoms with van der Waals surface area (Å²) >= 11 is 1.67. The molecule has 0 fully saturated rings. The first-order valence-corrected chi connectivity index (χ1v) is 24.3. The number of esters is 2. The molecule has 0 aromatic heterocycles. The van der Waals surface area contributed by atoms with E-state index in [1.165, 1.54) is 19.3 Å². The number of ether oxygens (including phenoxy) is 2. The van der Waals surface area contributed by atoms with Gasteiger partial charge in [-0.25, -0.2) is 0 Å². The number of nitrogens with two attached hydrogens (primary N) is 1. The zero-order valence-electron chi connectivity index (χ0n) is 43.9.